The number of halogens is 2. The number of nitrogens with zero attached hydrogens (tertiary/aromatic N) is 2. The number of aromatic nitrogens is 3. The summed E-state index contributed by atoms with van der Waals surface area (Å²) in [7, 11) is 1.63. The van der Waals surface area contributed by atoms with Crippen molar-refractivity contribution >= 4 is 44.1 Å². The Morgan fingerprint density at radius 3 is 2.58 bits per heavy atom. The van der Waals surface area contributed by atoms with Crippen molar-refractivity contribution in [2.75, 3.05) is 7.11 Å². The van der Waals surface area contributed by atoms with E-state index in [1.54, 1.807) is 7.11 Å². The van der Waals surface area contributed by atoms with Crippen molar-refractivity contribution in [2.24, 2.45) is 0 Å². The van der Waals surface area contributed by atoms with Crippen LogP contribution >= 0.6 is 44.1 Å². The normalized spacial score (nSPS) is 11.1. The molecule has 2 rings (SSSR count). The number of hydrogen-bond acceptors (Lipinski definition) is 3. The van der Waals surface area contributed by atoms with Crippen LogP contribution in [0.3, 0.4) is 0 Å². The third kappa shape index (κ3) is 2.78. The summed E-state index contributed by atoms with van der Waals surface area (Å²) in [5, 5.41) is 7.12. The fourth-order valence-corrected chi connectivity index (χ4v) is 3.35. The first-order chi connectivity index (χ1) is 8.95. The van der Waals surface area contributed by atoms with Crippen molar-refractivity contribution in [3.05, 3.63) is 31.7 Å². The summed E-state index contributed by atoms with van der Waals surface area (Å²) >= 11 is 12.3. The van der Waals surface area contributed by atoms with Crippen LogP contribution in [0, 0.1) is 4.77 Å². The molecule has 0 aliphatic rings. The van der Waals surface area contributed by atoms with Crippen molar-refractivity contribution in [3.8, 4) is 11.4 Å². The Hall–Kier alpha value is -0.660. The minimum Gasteiger partial charge on any atom is -0.495 e. The lowest BCUT2D eigenvalue weighted by atomic mass is 10.2. The summed E-state index contributed by atoms with van der Waals surface area (Å²) in [6, 6.07) is 3.86. The van der Waals surface area contributed by atoms with E-state index in [4.69, 9.17) is 17.0 Å². The lowest BCUT2D eigenvalue weighted by Crippen LogP contribution is -2.04. The van der Waals surface area contributed by atoms with E-state index in [1.807, 2.05) is 16.7 Å². The molecule has 0 spiro atoms. The zero-order valence-corrected chi connectivity index (χ0v) is 14.7. The van der Waals surface area contributed by atoms with Gasteiger partial charge in [-0.05, 0) is 50.1 Å². The van der Waals surface area contributed by atoms with Crippen LogP contribution in [0.4, 0.5) is 0 Å². The molecule has 0 aliphatic carbocycles. The first-order valence-electron chi connectivity index (χ1n) is 5.66. The minimum atomic E-state index is 0.259. The van der Waals surface area contributed by atoms with E-state index in [0.29, 0.717) is 4.77 Å². The van der Waals surface area contributed by atoms with E-state index in [9.17, 15) is 0 Å². The van der Waals surface area contributed by atoms with Gasteiger partial charge in [-0.3, -0.25) is 9.67 Å². The Kier molecular flexibility index (Phi) is 4.47. The van der Waals surface area contributed by atoms with Gasteiger partial charge in [-0.1, -0.05) is 13.8 Å². The Morgan fingerprint density at radius 2 is 2.00 bits per heavy atom. The monoisotopic (exact) mass is 405 g/mol. The summed E-state index contributed by atoms with van der Waals surface area (Å²) in [5.74, 6) is 1.89. The molecule has 0 fully saturated rings. The lowest BCUT2D eigenvalue weighted by molar-refractivity contribution is 0.412. The highest BCUT2D eigenvalue weighted by Gasteiger charge is 2.16. The number of nitrogens with one attached hydrogen (secondary N) is 1. The van der Waals surface area contributed by atoms with Crippen molar-refractivity contribution in [3.63, 3.8) is 0 Å². The second-order valence-corrected chi connectivity index (χ2v) is 6.41. The molecule has 0 aliphatic heterocycles. The highest BCUT2D eigenvalue weighted by molar-refractivity contribution is 9.11. The Balaban J connectivity index is 2.72. The van der Waals surface area contributed by atoms with E-state index < -0.39 is 0 Å². The smallest absolute Gasteiger partial charge is 0.199 e. The van der Waals surface area contributed by atoms with Crippen LogP contribution in [0.25, 0.3) is 5.69 Å². The quantitative estimate of drug-likeness (QED) is 0.758. The fraction of sp³-hybridized carbons (Fsp3) is 0.333. The molecular weight excluding hydrogens is 394 g/mol. The number of aromatic amines is 1. The first kappa shape index (κ1) is 14.7. The molecule has 1 N–H and O–H groups in total. The Bertz CT molecular complexity index is 663. The zero-order chi connectivity index (χ0) is 14.2. The third-order valence-electron chi connectivity index (χ3n) is 2.68. The topological polar surface area (TPSA) is 42.8 Å². The maximum atomic E-state index is 5.33. The van der Waals surface area contributed by atoms with Crippen LogP contribution in [0.1, 0.15) is 25.6 Å². The molecule has 0 bridgehead atoms. The predicted molar refractivity (Wildman–Crippen MR) is 84.8 cm³/mol. The average molecular weight is 407 g/mol. The SMILES string of the molecule is COc1cc(-n2c(C(C)C)n[nH]c2=S)c(Br)cc1Br. The van der Waals surface area contributed by atoms with E-state index in [1.165, 1.54) is 0 Å². The molecule has 0 saturated heterocycles. The Morgan fingerprint density at radius 1 is 1.32 bits per heavy atom. The van der Waals surface area contributed by atoms with Gasteiger partial charge in [0.15, 0.2) is 4.77 Å². The molecular formula is C12H13Br2N3OS. The summed E-state index contributed by atoms with van der Waals surface area (Å²) in [6.45, 7) is 4.15. The summed E-state index contributed by atoms with van der Waals surface area (Å²) in [5.41, 5.74) is 0.905. The molecule has 0 saturated carbocycles. The second-order valence-electron chi connectivity index (χ2n) is 4.32. The number of benzene rings is 1. The number of ether oxygens (including phenoxy) is 1. The van der Waals surface area contributed by atoms with Crippen LogP contribution in [-0.2, 0) is 0 Å². The molecule has 2 aromatic rings. The zero-order valence-electron chi connectivity index (χ0n) is 10.7. The van der Waals surface area contributed by atoms with E-state index in [2.05, 4.69) is 55.9 Å². The maximum absolute atomic E-state index is 5.33. The summed E-state index contributed by atoms with van der Waals surface area (Å²) in [4.78, 5) is 0. The minimum absolute atomic E-state index is 0.259. The van der Waals surface area contributed by atoms with Gasteiger partial charge in [0, 0.05) is 16.5 Å². The lowest BCUT2D eigenvalue weighted by Gasteiger charge is -2.13. The molecule has 0 atom stereocenters. The van der Waals surface area contributed by atoms with E-state index in [0.717, 1.165) is 26.2 Å². The highest BCUT2D eigenvalue weighted by atomic mass is 79.9. The standard InChI is InChI=1S/C12H13Br2N3OS/c1-6(2)11-15-16-12(19)17(11)9-5-10(18-3)8(14)4-7(9)13/h4-6H,1-3H3,(H,16,19). The van der Waals surface area contributed by atoms with Gasteiger partial charge in [0.2, 0.25) is 0 Å². The van der Waals surface area contributed by atoms with Gasteiger partial charge in [-0.15, -0.1) is 0 Å². The molecule has 1 heterocycles. The van der Waals surface area contributed by atoms with Crippen molar-refractivity contribution in [1.82, 2.24) is 14.8 Å². The summed E-state index contributed by atoms with van der Waals surface area (Å²) < 4.78 is 9.61. The first-order valence-corrected chi connectivity index (χ1v) is 7.65. The van der Waals surface area contributed by atoms with Crippen LogP contribution in [0.15, 0.2) is 21.1 Å². The third-order valence-corrected chi connectivity index (χ3v) is 4.21. The molecule has 4 nitrogen and oxygen atoms in total. The van der Waals surface area contributed by atoms with Crippen molar-refractivity contribution in [2.45, 2.75) is 19.8 Å². The van der Waals surface area contributed by atoms with Gasteiger partial charge in [-0.25, -0.2) is 0 Å². The summed E-state index contributed by atoms with van der Waals surface area (Å²) in [6.07, 6.45) is 0. The molecule has 1 aromatic heterocycles. The van der Waals surface area contributed by atoms with Gasteiger partial charge in [0.1, 0.15) is 11.6 Å². The van der Waals surface area contributed by atoms with Gasteiger partial charge >= 0.3 is 0 Å². The number of hydrogen-bond donors (Lipinski definition) is 1. The molecule has 0 amide bonds. The van der Waals surface area contributed by atoms with Gasteiger partial charge in [0.05, 0.1) is 17.3 Å². The second kappa shape index (κ2) is 5.76. The Labute approximate surface area is 133 Å². The van der Waals surface area contributed by atoms with Crippen LogP contribution < -0.4 is 4.74 Å². The molecule has 7 heteroatoms. The predicted octanol–water partition coefficient (Wildman–Crippen LogP) is 4.59. The van der Waals surface area contributed by atoms with Crippen LogP contribution in [0.2, 0.25) is 0 Å². The van der Waals surface area contributed by atoms with Gasteiger partial charge in [0.25, 0.3) is 0 Å². The van der Waals surface area contributed by atoms with Crippen molar-refractivity contribution in [1.29, 1.82) is 0 Å². The fourth-order valence-electron chi connectivity index (χ4n) is 1.78. The number of methoxy groups -OCH3 is 1. The highest BCUT2D eigenvalue weighted by Crippen LogP contribution is 2.34. The molecule has 102 valence electrons. The van der Waals surface area contributed by atoms with Gasteiger partial charge < -0.3 is 4.74 Å². The molecule has 19 heavy (non-hydrogen) atoms. The van der Waals surface area contributed by atoms with Crippen molar-refractivity contribution < 1.29 is 4.74 Å². The number of rotatable bonds is 3. The average Bonchev–Trinajstić information content (AvgIpc) is 2.72. The van der Waals surface area contributed by atoms with Crippen LogP contribution in [-0.4, -0.2) is 21.9 Å². The van der Waals surface area contributed by atoms with E-state index >= 15 is 0 Å². The molecule has 1 aromatic carbocycles. The van der Waals surface area contributed by atoms with Gasteiger partial charge in [-0.2, -0.15) is 5.10 Å². The van der Waals surface area contributed by atoms with E-state index in [-0.39, 0.29) is 5.92 Å². The largest absolute Gasteiger partial charge is 0.495 e. The molecule has 0 unspecified atom stereocenters. The maximum Gasteiger partial charge on any atom is 0.199 e. The molecule has 0 radical (unpaired) electrons. The number of H-pyrrole nitrogens is 1. The van der Waals surface area contributed by atoms with Crippen LogP contribution in [0.5, 0.6) is 5.75 Å².